The molecule has 1 aliphatic carbocycles. The molecule has 6 nitrogen and oxygen atoms in total. The van der Waals surface area contributed by atoms with Crippen molar-refractivity contribution >= 4 is 27.0 Å². The monoisotopic (exact) mass is 334 g/mol. The van der Waals surface area contributed by atoms with E-state index in [1.165, 1.54) is 0 Å². The highest BCUT2D eigenvalue weighted by atomic mass is 32.2. The molecule has 0 saturated carbocycles. The average molecular weight is 334 g/mol. The first-order valence-corrected chi connectivity index (χ1v) is 8.72. The molecule has 3 unspecified atom stereocenters. The molecule has 0 saturated heterocycles. The van der Waals surface area contributed by atoms with Gasteiger partial charge in [-0.05, 0) is 21.9 Å². The van der Waals surface area contributed by atoms with Crippen LogP contribution < -0.4 is 11.5 Å². The van der Waals surface area contributed by atoms with Crippen molar-refractivity contribution in [3.8, 4) is 0 Å². The lowest BCUT2D eigenvalue weighted by atomic mass is 9.76. The van der Waals surface area contributed by atoms with E-state index in [1.807, 2.05) is 30.3 Å². The van der Waals surface area contributed by atoms with Gasteiger partial charge in [-0.15, -0.1) is 0 Å². The summed E-state index contributed by atoms with van der Waals surface area (Å²) < 4.78 is 31.0. The zero-order valence-electron chi connectivity index (χ0n) is 12.3. The van der Waals surface area contributed by atoms with E-state index < -0.39 is 33.6 Å². The van der Waals surface area contributed by atoms with Crippen LogP contribution in [0.2, 0.25) is 0 Å². The van der Waals surface area contributed by atoms with Crippen LogP contribution in [0.4, 0.5) is 0 Å². The number of benzene rings is 2. The van der Waals surface area contributed by atoms with E-state index in [4.69, 9.17) is 16.0 Å². The lowest BCUT2D eigenvalue weighted by molar-refractivity contribution is 0.0892. The van der Waals surface area contributed by atoms with Crippen molar-refractivity contribution in [3.05, 3.63) is 53.6 Å². The van der Waals surface area contributed by atoms with Crippen molar-refractivity contribution in [2.45, 2.75) is 17.7 Å². The maximum absolute atomic E-state index is 11.0. The van der Waals surface area contributed by atoms with Crippen molar-refractivity contribution in [2.24, 2.45) is 11.5 Å². The van der Waals surface area contributed by atoms with Gasteiger partial charge in [-0.25, -0.2) is 0 Å². The molecular weight excluding hydrogens is 316 g/mol. The third-order valence-corrected chi connectivity index (χ3v) is 5.05. The minimum Gasteiger partial charge on any atom is -0.389 e. The Morgan fingerprint density at radius 1 is 1.17 bits per heavy atom. The molecule has 0 heterocycles. The SMILES string of the molecule is NC(CS(=O)(=O)O)C(O)C1(N)C=Cc2cccc3cccc1c23. The second kappa shape index (κ2) is 5.40. The van der Waals surface area contributed by atoms with Crippen molar-refractivity contribution in [3.63, 3.8) is 0 Å². The first-order valence-electron chi connectivity index (χ1n) is 7.11. The van der Waals surface area contributed by atoms with Gasteiger partial charge in [0.1, 0.15) is 0 Å². The van der Waals surface area contributed by atoms with Crippen molar-refractivity contribution in [1.82, 2.24) is 0 Å². The Bertz CT molecular complexity index is 889. The number of nitrogens with two attached hydrogens (primary N) is 2. The molecule has 0 aliphatic heterocycles. The van der Waals surface area contributed by atoms with Gasteiger partial charge in [0.25, 0.3) is 10.1 Å². The van der Waals surface area contributed by atoms with E-state index in [0.29, 0.717) is 5.56 Å². The van der Waals surface area contributed by atoms with E-state index in [-0.39, 0.29) is 0 Å². The highest BCUT2D eigenvalue weighted by Gasteiger charge is 2.41. The highest BCUT2D eigenvalue weighted by molar-refractivity contribution is 7.85. The summed E-state index contributed by atoms with van der Waals surface area (Å²) in [5.41, 5.74) is 12.5. The van der Waals surface area contributed by atoms with Crippen LogP contribution in [0.1, 0.15) is 11.1 Å². The van der Waals surface area contributed by atoms with Gasteiger partial charge < -0.3 is 16.6 Å². The van der Waals surface area contributed by atoms with Gasteiger partial charge in [0.15, 0.2) is 0 Å². The minimum atomic E-state index is -4.31. The normalized spacial score (nSPS) is 23.0. The molecular formula is C16H18N2O4S. The molecule has 0 spiro atoms. The van der Waals surface area contributed by atoms with Gasteiger partial charge in [-0.1, -0.05) is 48.6 Å². The Hall–Kier alpha value is -1.77. The van der Waals surface area contributed by atoms with Crippen LogP contribution >= 0.6 is 0 Å². The average Bonchev–Trinajstić information content (AvgIpc) is 2.49. The van der Waals surface area contributed by atoms with Crippen LogP contribution in [0.25, 0.3) is 16.8 Å². The molecule has 23 heavy (non-hydrogen) atoms. The summed E-state index contributed by atoms with van der Waals surface area (Å²) >= 11 is 0. The molecule has 122 valence electrons. The van der Waals surface area contributed by atoms with Gasteiger partial charge in [-0.2, -0.15) is 8.42 Å². The smallest absolute Gasteiger partial charge is 0.266 e. The van der Waals surface area contributed by atoms with Crippen LogP contribution in [-0.4, -0.2) is 36.0 Å². The predicted molar refractivity (Wildman–Crippen MR) is 89.2 cm³/mol. The number of hydrogen-bond donors (Lipinski definition) is 4. The Morgan fingerprint density at radius 3 is 2.48 bits per heavy atom. The van der Waals surface area contributed by atoms with Crippen LogP contribution in [0.5, 0.6) is 0 Å². The van der Waals surface area contributed by atoms with Crippen LogP contribution in [0.15, 0.2) is 42.5 Å². The van der Waals surface area contributed by atoms with E-state index in [1.54, 1.807) is 18.2 Å². The molecule has 0 radical (unpaired) electrons. The first-order chi connectivity index (χ1) is 10.7. The molecule has 0 fully saturated rings. The molecule has 7 heteroatoms. The Balaban J connectivity index is 2.10. The van der Waals surface area contributed by atoms with Crippen LogP contribution in [0, 0.1) is 0 Å². The second-order valence-electron chi connectivity index (χ2n) is 5.87. The van der Waals surface area contributed by atoms with Crippen molar-refractivity contribution < 1.29 is 18.1 Å². The maximum atomic E-state index is 11.0. The van der Waals surface area contributed by atoms with E-state index in [9.17, 15) is 13.5 Å². The molecule has 0 bridgehead atoms. The minimum absolute atomic E-state index is 0.673. The second-order valence-corrected chi connectivity index (χ2v) is 7.37. The predicted octanol–water partition coefficient (Wildman–Crippen LogP) is 0.597. The third-order valence-electron chi connectivity index (χ3n) is 4.24. The molecule has 3 rings (SSSR count). The standard InChI is InChI=1S/C16H18N2O4S/c17-13(9-23(20,21)22)15(19)16(18)8-7-11-4-1-3-10-5-2-6-12(16)14(10)11/h1-8,13,15,19H,9,17-18H2,(H,20,21,22). The fourth-order valence-corrected chi connectivity index (χ4v) is 3.80. The zero-order valence-corrected chi connectivity index (χ0v) is 13.1. The molecule has 2 aromatic rings. The topological polar surface area (TPSA) is 127 Å². The number of hydrogen-bond acceptors (Lipinski definition) is 5. The number of aliphatic hydroxyl groups is 1. The van der Waals surface area contributed by atoms with Gasteiger partial charge in [0.2, 0.25) is 0 Å². The molecule has 6 N–H and O–H groups in total. The summed E-state index contributed by atoms with van der Waals surface area (Å²) in [5, 5.41) is 12.4. The Kier molecular flexibility index (Phi) is 3.78. The van der Waals surface area contributed by atoms with E-state index in [0.717, 1.165) is 16.3 Å². The summed E-state index contributed by atoms with van der Waals surface area (Å²) in [6.07, 6.45) is 2.04. The highest BCUT2D eigenvalue weighted by Crippen LogP contribution is 2.38. The summed E-state index contributed by atoms with van der Waals surface area (Å²) in [6, 6.07) is 10.1. The van der Waals surface area contributed by atoms with E-state index in [2.05, 4.69) is 0 Å². The summed E-state index contributed by atoms with van der Waals surface area (Å²) in [4.78, 5) is 0. The summed E-state index contributed by atoms with van der Waals surface area (Å²) in [5.74, 6) is -0.765. The van der Waals surface area contributed by atoms with Crippen LogP contribution in [0.3, 0.4) is 0 Å². The molecule has 2 aromatic carbocycles. The number of aliphatic hydroxyl groups excluding tert-OH is 1. The van der Waals surface area contributed by atoms with Gasteiger partial charge in [0.05, 0.1) is 17.4 Å². The fraction of sp³-hybridized carbons (Fsp3) is 0.250. The lowest BCUT2D eigenvalue weighted by Gasteiger charge is -2.38. The van der Waals surface area contributed by atoms with Crippen molar-refractivity contribution in [2.75, 3.05) is 5.75 Å². The largest absolute Gasteiger partial charge is 0.389 e. The number of rotatable bonds is 4. The molecule has 0 amide bonds. The molecule has 3 atom stereocenters. The quantitative estimate of drug-likeness (QED) is 0.606. The molecule has 0 aromatic heterocycles. The molecule has 1 aliphatic rings. The first kappa shape index (κ1) is 16.1. The lowest BCUT2D eigenvalue weighted by Crippen LogP contribution is -2.57. The van der Waals surface area contributed by atoms with Crippen LogP contribution in [-0.2, 0) is 15.7 Å². The zero-order chi connectivity index (χ0) is 16.8. The van der Waals surface area contributed by atoms with Gasteiger partial charge >= 0.3 is 0 Å². The third kappa shape index (κ3) is 2.77. The fourth-order valence-electron chi connectivity index (χ4n) is 3.13. The van der Waals surface area contributed by atoms with Gasteiger partial charge in [-0.3, -0.25) is 4.55 Å². The van der Waals surface area contributed by atoms with Crippen molar-refractivity contribution in [1.29, 1.82) is 0 Å². The Morgan fingerprint density at radius 2 is 1.83 bits per heavy atom. The Labute approximate surface area is 134 Å². The van der Waals surface area contributed by atoms with Gasteiger partial charge in [0, 0.05) is 6.04 Å². The summed E-state index contributed by atoms with van der Waals surface area (Å²) in [6.45, 7) is 0. The summed E-state index contributed by atoms with van der Waals surface area (Å²) in [7, 11) is -4.31. The van der Waals surface area contributed by atoms with E-state index >= 15 is 0 Å². The maximum Gasteiger partial charge on any atom is 0.266 e.